The number of fused-ring (bicyclic) bond motifs is 1. The van der Waals surface area contributed by atoms with Gasteiger partial charge in [-0.2, -0.15) is 0 Å². The lowest BCUT2D eigenvalue weighted by Gasteiger charge is -2.09. The van der Waals surface area contributed by atoms with E-state index in [1.165, 1.54) is 0 Å². The SMILES string of the molecule is CCc1onc(C)c1NC(=O)NC1[C@H]2COC[C@@H]12. The van der Waals surface area contributed by atoms with Crippen LogP contribution in [0.2, 0.25) is 0 Å². The van der Waals surface area contributed by atoms with Crippen LogP contribution >= 0.6 is 0 Å². The first-order valence-electron chi connectivity index (χ1n) is 6.31. The first-order chi connectivity index (χ1) is 8.70. The second kappa shape index (κ2) is 4.28. The minimum Gasteiger partial charge on any atom is -0.381 e. The van der Waals surface area contributed by atoms with Crippen molar-refractivity contribution in [2.45, 2.75) is 26.3 Å². The molecular formula is C12H17N3O3. The average Bonchev–Trinajstić information content (AvgIpc) is 2.74. The van der Waals surface area contributed by atoms with Gasteiger partial charge in [-0.15, -0.1) is 0 Å². The maximum Gasteiger partial charge on any atom is 0.319 e. The highest BCUT2D eigenvalue weighted by molar-refractivity contribution is 5.90. The highest BCUT2D eigenvalue weighted by atomic mass is 16.5. The zero-order chi connectivity index (χ0) is 12.7. The molecule has 2 N–H and O–H groups in total. The molecule has 2 heterocycles. The number of ether oxygens (including phenoxy) is 1. The summed E-state index contributed by atoms with van der Waals surface area (Å²) in [6.07, 6.45) is 0.707. The fraction of sp³-hybridized carbons (Fsp3) is 0.667. The van der Waals surface area contributed by atoms with Crippen molar-refractivity contribution in [2.24, 2.45) is 11.8 Å². The molecule has 2 aliphatic rings. The predicted octanol–water partition coefficient (Wildman–Crippen LogP) is 1.31. The molecule has 6 heteroatoms. The second-order valence-corrected chi connectivity index (χ2v) is 4.91. The van der Waals surface area contributed by atoms with E-state index in [1.54, 1.807) is 0 Å². The first-order valence-corrected chi connectivity index (χ1v) is 6.31. The van der Waals surface area contributed by atoms with Crippen LogP contribution in [0.5, 0.6) is 0 Å². The second-order valence-electron chi connectivity index (χ2n) is 4.91. The molecule has 1 aromatic rings. The van der Waals surface area contributed by atoms with E-state index in [1.807, 2.05) is 13.8 Å². The van der Waals surface area contributed by atoms with Gasteiger partial charge in [0.25, 0.3) is 0 Å². The molecule has 2 amide bonds. The van der Waals surface area contributed by atoms with E-state index >= 15 is 0 Å². The van der Waals surface area contributed by atoms with Crippen LogP contribution in [0.15, 0.2) is 4.52 Å². The number of carbonyl (C=O) groups excluding carboxylic acids is 1. The highest BCUT2D eigenvalue weighted by Gasteiger charge is 2.54. The summed E-state index contributed by atoms with van der Waals surface area (Å²) in [5.41, 5.74) is 1.40. The van der Waals surface area contributed by atoms with Crippen molar-refractivity contribution >= 4 is 11.7 Å². The van der Waals surface area contributed by atoms with Gasteiger partial charge in [0.2, 0.25) is 0 Å². The number of rotatable bonds is 3. The molecular weight excluding hydrogens is 234 g/mol. The van der Waals surface area contributed by atoms with Crippen LogP contribution in [0.1, 0.15) is 18.4 Å². The minimum absolute atomic E-state index is 0.185. The fourth-order valence-electron chi connectivity index (χ4n) is 2.57. The third-order valence-corrected chi connectivity index (χ3v) is 3.74. The van der Waals surface area contributed by atoms with E-state index in [0.29, 0.717) is 35.4 Å². The van der Waals surface area contributed by atoms with Crippen LogP contribution in [-0.2, 0) is 11.2 Å². The number of aryl methyl sites for hydroxylation is 2. The Balaban J connectivity index is 1.59. The molecule has 1 unspecified atom stereocenters. The normalized spacial score (nSPS) is 28.9. The van der Waals surface area contributed by atoms with Gasteiger partial charge in [-0.25, -0.2) is 4.79 Å². The van der Waals surface area contributed by atoms with E-state index in [-0.39, 0.29) is 12.1 Å². The molecule has 1 aliphatic carbocycles. The van der Waals surface area contributed by atoms with Gasteiger partial charge in [0.15, 0.2) is 5.76 Å². The minimum atomic E-state index is -0.185. The van der Waals surface area contributed by atoms with Gasteiger partial charge in [0.1, 0.15) is 11.4 Å². The quantitative estimate of drug-likeness (QED) is 0.849. The van der Waals surface area contributed by atoms with Crippen LogP contribution in [0, 0.1) is 18.8 Å². The number of aromatic nitrogens is 1. The number of amides is 2. The molecule has 1 saturated heterocycles. The number of carbonyl (C=O) groups is 1. The molecule has 1 aliphatic heterocycles. The van der Waals surface area contributed by atoms with Gasteiger partial charge in [0, 0.05) is 24.3 Å². The summed E-state index contributed by atoms with van der Waals surface area (Å²) in [7, 11) is 0. The number of hydrogen-bond acceptors (Lipinski definition) is 4. The number of urea groups is 1. The summed E-state index contributed by atoms with van der Waals surface area (Å²) in [6, 6.07) is 0.0828. The third-order valence-electron chi connectivity index (χ3n) is 3.74. The summed E-state index contributed by atoms with van der Waals surface area (Å²) in [5, 5.41) is 9.65. The molecule has 1 aromatic heterocycles. The Bertz CT molecular complexity index is 461. The molecule has 3 rings (SSSR count). The first kappa shape index (κ1) is 11.5. The average molecular weight is 251 g/mol. The van der Waals surface area contributed by atoms with Gasteiger partial charge < -0.3 is 19.9 Å². The van der Waals surface area contributed by atoms with Crippen LogP contribution in [0.3, 0.4) is 0 Å². The maximum absolute atomic E-state index is 11.9. The molecule has 3 atom stereocenters. The van der Waals surface area contributed by atoms with Crippen LogP contribution in [0.4, 0.5) is 10.5 Å². The Morgan fingerprint density at radius 3 is 2.83 bits per heavy atom. The van der Waals surface area contributed by atoms with Gasteiger partial charge in [-0.05, 0) is 6.92 Å². The van der Waals surface area contributed by atoms with Gasteiger partial charge in [-0.1, -0.05) is 12.1 Å². The van der Waals surface area contributed by atoms with E-state index < -0.39 is 0 Å². The van der Waals surface area contributed by atoms with Crippen molar-refractivity contribution in [3.05, 3.63) is 11.5 Å². The Kier molecular flexibility index (Phi) is 2.74. The fourth-order valence-corrected chi connectivity index (χ4v) is 2.57. The van der Waals surface area contributed by atoms with Crippen molar-refractivity contribution in [2.75, 3.05) is 18.5 Å². The summed E-state index contributed by atoms with van der Waals surface area (Å²) >= 11 is 0. The number of anilines is 1. The molecule has 1 saturated carbocycles. The van der Waals surface area contributed by atoms with Crippen molar-refractivity contribution in [1.82, 2.24) is 10.5 Å². The van der Waals surface area contributed by atoms with E-state index in [9.17, 15) is 4.79 Å². The van der Waals surface area contributed by atoms with Gasteiger partial charge in [-0.3, -0.25) is 0 Å². The number of nitrogens with one attached hydrogen (secondary N) is 2. The summed E-state index contributed by atoms with van der Waals surface area (Å²) < 4.78 is 10.4. The Labute approximate surface area is 105 Å². The zero-order valence-corrected chi connectivity index (χ0v) is 10.5. The lowest BCUT2D eigenvalue weighted by Crippen LogP contribution is -2.34. The molecule has 0 radical (unpaired) electrons. The van der Waals surface area contributed by atoms with Crippen LogP contribution in [-0.4, -0.2) is 30.4 Å². The zero-order valence-electron chi connectivity index (χ0n) is 10.5. The van der Waals surface area contributed by atoms with Gasteiger partial charge in [0.05, 0.1) is 13.2 Å². The predicted molar refractivity (Wildman–Crippen MR) is 64.4 cm³/mol. The molecule has 98 valence electrons. The van der Waals surface area contributed by atoms with Crippen LogP contribution < -0.4 is 10.6 Å². The number of nitrogens with zero attached hydrogens (tertiary/aromatic N) is 1. The summed E-state index contributed by atoms with van der Waals surface area (Å²) in [4.78, 5) is 11.9. The van der Waals surface area contributed by atoms with E-state index in [2.05, 4.69) is 15.8 Å². The smallest absolute Gasteiger partial charge is 0.319 e. The third kappa shape index (κ3) is 1.86. The topological polar surface area (TPSA) is 76.4 Å². The summed E-state index contributed by atoms with van der Waals surface area (Å²) in [6.45, 7) is 5.31. The molecule has 0 spiro atoms. The van der Waals surface area contributed by atoms with Crippen LogP contribution in [0.25, 0.3) is 0 Å². The van der Waals surface area contributed by atoms with E-state index in [4.69, 9.17) is 9.26 Å². The maximum atomic E-state index is 11.9. The van der Waals surface area contributed by atoms with E-state index in [0.717, 1.165) is 13.2 Å². The molecule has 0 aromatic carbocycles. The Morgan fingerprint density at radius 1 is 1.44 bits per heavy atom. The van der Waals surface area contributed by atoms with Crippen molar-refractivity contribution in [3.63, 3.8) is 0 Å². The molecule has 6 nitrogen and oxygen atoms in total. The number of hydrogen-bond donors (Lipinski definition) is 2. The monoisotopic (exact) mass is 251 g/mol. The van der Waals surface area contributed by atoms with Crippen molar-refractivity contribution in [3.8, 4) is 0 Å². The lowest BCUT2D eigenvalue weighted by atomic mass is 10.2. The Hall–Kier alpha value is -1.56. The Morgan fingerprint density at radius 2 is 2.17 bits per heavy atom. The molecule has 2 fully saturated rings. The standard InChI is InChI=1S/C12H17N3O3/c1-3-9-10(6(2)15-18-9)13-12(16)14-11-7-4-17-5-8(7)11/h7-8,11H,3-5H2,1-2H3,(H2,13,14,16)/t7-,8+,11?. The largest absolute Gasteiger partial charge is 0.381 e. The lowest BCUT2D eigenvalue weighted by molar-refractivity contribution is 0.157. The van der Waals surface area contributed by atoms with Gasteiger partial charge >= 0.3 is 6.03 Å². The molecule has 18 heavy (non-hydrogen) atoms. The summed E-state index contributed by atoms with van der Waals surface area (Å²) in [5.74, 6) is 1.72. The van der Waals surface area contributed by atoms with Crippen molar-refractivity contribution in [1.29, 1.82) is 0 Å². The molecule has 0 bridgehead atoms. The highest BCUT2D eigenvalue weighted by Crippen LogP contribution is 2.44. The van der Waals surface area contributed by atoms with Crippen molar-refractivity contribution < 1.29 is 14.1 Å².